The lowest BCUT2D eigenvalue weighted by Gasteiger charge is -2.34. The molecule has 0 N–H and O–H groups in total. The van der Waals surface area contributed by atoms with Gasteiger partial charge in [0.15, 0.2) is 0 Å². The number of non-ortho nitro benzene ring substituents is 1. The minimum Gasteiger partial charge on any atom is -0.336 e. The van der Waals surface area contributed by atoms with Gasteiger partial charge in [0.1, 0.15) is 0 Å². The topological polar surface area (TPSA) is 108 Å². The van der Waals surface area contributed by atoms with Crippen LogP contribution in [0.15, 0.2) is 42.7 Å². The molecule has 1 aromatic carbocycles. The molecule has 2 aromatic heterocycles. The Hall–Kier alpha value is -3.77. The number of benzene rings is 1. The Morgan fingerprint density at radius 2 is 2.00 bits per heavy atom. The summed E-state index contributed by atoms with van der Waals surface area (Å²) in [5.41, 5.74) is 3.55. The van der Waals surface area contributed by atoms with Crippen LogP contribution in [0.5, 0.6) is 0 Å². The smallest absolute Gasteiger partial charge is 0.270 e. The van der Waals surface area contributed by atoms with Crippen LogP contribution >= 0.6 is 0 Å². The SMILES string of the molecule is Cc1ccc([N+](=O)[O-])cc1C(=O)N1CCN(Cc2cnn3ccc(C#N)cc23)CC1. The molecule has 3 aromatic rings. The average Bonchev–Trinajstić information content (AvgIpc) is 3.15. The first kappa shape index (κ1) is 19.5. The summed E-state index contributed by atoms with van der Waals surface area (Å²) in [5, 5.41) is 24.5. The molecule has 30 heavy (non-hydrogen) atoms. The van der Waals surface area contributed by atoms with E-state index >= 15 is 0 Å². The van der Waals surface area contributed by atoms with Crippen molar-refractivity contribution in [1.82, 2.24) is 19.4 Å². The number of aryl methyl sites for hydroxylation is 1. The molecule has 1 aliphatic rings. The number of amides is 1. The monoisotopic (exact) mass is 404 g/mol. The Kier molecular flexibility index (Phi) is 5.16. The molecule has 152 valence electrons. The highest BCUT2D eigenvalue weighted by Crippen LogP contribution is 2.21. The van der Waals surface area contributed by atoms with Crippen molar-refractivity contribution < 1.29 is 9.72 Å². The minimum atomic E-state index is -0.484. The molecular formula is C21H20N6O3. The maximum Gasteiger partial charge on any atom is 0.270 e. The number of hydrogen-bond acceptors (Lipinski definition) is 6. The molecule has 0 radical (unpaired) electrons. The highest BCUT2D eigenvalue weighted by molar-refractivity contribution is 5.96. The van der Waals surface area contributed by atoms with Crippen LogP contribution in [0.4, 0.5) is 5.69 Å². The van der Waals surface area contributed by atoms with Crippen molar-refractivity contribution in [2.45, 2.75) is 13.5 Å². The zero-order valence-corrected chi connectivity index (χ0v) is 16.5. The number of rotatable bonds is 4. The van der Waals surface area contributed by atoms with Gasteiger partial charge in [-0.05, 0) is 24.6 Å². The molecule has 4 rings (SSSR count). The Labute approximate surface area is 172 Å². The summed E-state index contributed by atoms with van der Waals surface area (Å²) >= 11 is 0. The van der Waals surface area contributed by atoms with Gasteiger partial charge in [-0.2, -0.15) is 10.4 Å². The van der Waals surface area contributed by atoms with Crippen molar-refractivity contribution in [3.05, 3.63) is 75.1 Å². The average molecular weight is 404 g/mol. The number of carbonyl (C=O) groups excluding carboxylic acids is 1. The first-order chi connectivity index (χ1) is 14.5. The maximum absolute atomic E-state index is 12.9. The number of nitro benzene ring substituents is 1. The number of aromatic nitrogens is 2. The lowest BCUT2D eigenvalue weighted by molar-refractivity contribution is -0.384. The van der Waals surface area contributed by atoms with Gasteiger partial charge in [-0.1, -0.05) is 6.07 Å². The molecule has 9 nitrogen and oxygen atoms in total. The number of nitriles is 1. The second-order valence-electron chi connectivity index (χ2n) is 7.35. The fourth-order valence-corrected chi connectivity index (χ4v) is 3.70. The maximum atomic E-state index is 12.9. The highest BCUT2D eigenvalue weighted by atomic mass is 16.6. The van der Waals surface area contributed by atoms with Gasteiger partial charge in [-0.15, -0.1) is 0 Å². The van der Waals surface area contributed by atoms with E-state index in [4.69, 9.17) is 5.26 Å². The molecule has 9 heteroatoms. The van der Waals surface area contributed by atoms with E-state index in [-0.39, 0.29) is 11.6 Å². The van der Waals surface area contributed by atoms with Gasteiger partial charge in [-0.3, -0.25) is 19.8 Å². The molecule has 3 heterocycles. The van der Waals surface area contributed by atoms with Crippen LogP contribution in [0.3, 0.4) is 0 Å². The quantitative estimate of drug-likeness (QED) is 0.488. The van der Waals surface area contributed by atoms with E-state index in [1.807, 2.05) is 6.07 Å². The van der Waals surface area contributed by atoms with Crippen LogP contribution in [0.2, 0.25) is 0 Å². The first-order valence-electron chi connectivity index (χ1n) is 9.59. The van der Waals surface area contributed by atoms with Gasteiger partial charge < -0.3 is 4.90 Å². The van der Waals surface area contributed by atoms with E-state index < -0.39 is 4.92 Å². The molecule has 0 bridgehead atoms. The molecular weight excluding hydrogens is 384 g/mol. The summed E-state index contributed by atoms with van der Waals surface area (Å²) in [6.45, 7) is 4.93. The van der Waals surface area contributed by atoms with Gasteiger partial charge in [0.2, 0.25) is 0 Å². The predicted octanol–water partition coefficient (Wildman–Crippen LogP) is 2.38. The number of piperazine rings is 1. The number of nitrogens with zero attached hydrogens (tertiary/aromatic N) is 6. The van der Waals surface area contributed by atoms with E-state index in [2.05, 4.69) is 16.1 Å². The zero-order chi connectivity index (χ0) is 21.3. The Morgan fingerprint density at radius 1 is 1.23 bits per heavy atom. The standard InChI is InChI=1S/C21H20N6O3/c1-15-2-3-18(27(29)30)11-19(15)21(28)25-8-6-24(7-9-25)14-17-13-23-26-5-4-16(12-22)10-20(17)26/h2-5,10-11,13H,6-9,14H2,1H3. The van der Waals surface area contributed by atoms with E-state index in [0.29, 0.717) is 43.9 Å². The van der Waals surface area contributed by atoms with Crippen LogP contribution in [0.1, 0.15) is 27.0 Å². The first-order valence-corrected chi connectivity index (χ1v) is 9.59. The third kappa shape index (κ3) is 3.73. The zero-order valence-electron chi connectivity index (χ0n) is 16.5. The van der Waals surface area contributed by atoms with Crippen LogP contribution in [0, 0.1) is 28.4 Å². The second-order valence-corrected chi connectivity index (χ2v) is 7.35. The van der Waals surface area contributed by atoms with Crippen molar-refractivity contribution in [3.8, 4) is 6.07 Å². The number of carbonyl (C=O) groups is 1. The van der Waals surface area contributed by atoms with Gasteiger partial charge >= 0.3 is 0 Å². The summed E-state index contributed by atoms with van der Waals surface area (Å²) < 4.78 is 1.75. The minimum absolute atomic E-state index is 0.0765. The van der Waals surface area contributed by atoms with Crippen molar-refractivity contribution in [2.24, 2.45) is 0 Å². The summed E-state index contributed by atoms with van der Waals surface area (Å²) in [6.07, 6.45) is 3.58. The molecule has 0 aliphatic carbocycles. The van der Waals surface area contributed by atoms with E-state index in [1.165, 1.54) is 12.1 Å². The normalized spacial score (nSPS) is 14.6. The van der Waals surface area contributed by atoms with Crippen LogP contribution in [-0.4, -0.2) is 56.4 Å². The molecule has 1 aliphatic heterocycles. The summed E-state index contributed by atoms with van der Waals surface area (Å²) in [4.78, 5) is 27.4. The second kappa shape index (κ2) is 7.93. The third-order valence-corrected chi connectivity index (χ3v) is 5.45. The van der Waals surface area contributed by atoms with Gasteiger partial charge in [-0.25, -0.2) is 4.52 Å². The predicted molar refractivity (Wildman–Crippen MR) is 109 cm³/mol. The van der Waals surface area contributed by atoms with Crippen molar-refractivity contribution in [1.29, 1.82) is 5.26 Å². The van der Waals surface area contributed by atoms with Crippen LogP contribution in [0.25, 0.3) is 5.52 Å². The molecule has 1 fully saturated rings. The Bertz CT molecular complexity index is 1170. The van der Waals surface area contributed by atoms with Gasteiger partial charge in [0, 0.05) is 62.2 Å². The summed E-state index contributed by atoms with van der Waals surface area (Å²) in [7, 11) is 0. The fraction of sp³-hybridized carbons (Fsp3) is 0.286. The van der Waals surface area contributed by atoms with E-state index in [9.17, 15) is 14.9 Å². The van der Waals surface area contributed by atoms with Crippen molar-refractivity contribution >= 4 is 17.1 Å². The lowest BCUT2D eigenvalue weighted by atomic mass is 10.1. The molecule has 1 saturated heterocycles. The molecule has 1 amide bonds. The van der Waals surface area contributed by atoms with Gasteiger partial charge in [0.25, 0.3) is 11.6 Å². The van der Waals surface area contributed by atoms with Crippen LogP contribution in [-0.2, 0) is 6.54 Å². The van der Waals surface area contributed by atoms with Crippen LogP contribution < -0.4 is 0 Å². The molecule has 0 saturated carbocycles. The highest BCUT2D eigenvalue weighted by Gasteiger charge is 2.25. The van der Waals surface area contributed by atoms with E-state index in [0.717, 1.165) is 16.6 Å². The van der Waals surface area contributed by atoms with E-state index in [1.54, 1.807) is 40.9 Å². The lowest BCUT2D eigenvalue weighted by Crippen LogP contribution is -2.48. The summed E-state index contributed by atoms with van der Waals surface area (Å²) in [6, 6.07) is 10.1. The summed E-state index contributed by atoms with van der Waals surface area (Å²) in [5.74, 6) is -0.175. The Balaban J connectivity index is 1.43. The van der Waals surface area contributed by atoms with Crippen molar-refractivity contribution in [2.75, 3.05) is 26.2 Å². The number of fused-ring (bicyclic) bond motifs is 1. The number of pyridine rings is 1. The largest absolute Gasteiger partial charge is 0.336 e. The third-order valence-electron chi connectivity index (χ3n) is 5.45. The Morgan fingerprint density at radius 3 is 2.70 bits per heavy atom. The number of hydrogen-bond donors (Lipinski definition) is 0. The van der Waals surface area contributed by atoms with Gasteiger partial charge in [0.05, 0.1) is 28.3 Å². The van der Waals surface area contributed by atoms with Crippen molar-refractivity contribution in [3.63, 3.8) is 0 Å². The molecule has 0 unspecified atom stereocenters. The molecule has 0 spiro atoms. The molecule has 0 atom stereocenters. The fourth-order valence-electron chi connectivity index (χ4n) is 3.70. The number of nitro groups is 1.